The van der Waals surface area contributed by atoms with E-state index in [2.05, 4.69) is 11.8 Å². The van der Waals surface area contributed by atoms with E-state index in [-0.39, 0.29) is 11.6 Å². The number of ketones is 1. The Balaban J connectivity index is 1.47. The van der Waals surface area contributed by atoms with Crippen LogP contribution in [0, 0.1) is 0 Å². The first-order valence-corrected chi connectivity index (χ1v) is 8.79. The number of carbonyl (C=O) groups excluding carboxylic acids is 2. The Morgan fingerprint density at radius 3 is 2.33 bits per heavy atom. The van der Waals surface area contributed by atoms with Crippen molar-refractivity contribution in [3.05, 3.63) is 35.9 Å². The highest BCUT2D eigenvalue weighted by Gasteiger charge is 2.38. The average Bonchev–Trinajstić information content (AvgIpc) is 2.61. The molecule has 0 aromatic heterocycles. The fraction of sp³-hybridized carbons (Fsp3) is 0.579. The van der Waals surface area contributed by atoms with E-state index in [0.29, 0.717) is 38.3 Å². The summed E-state index contributed by atoms with van der Waals surface area (Å²) in [6, 6.07) is 9.75. The molecule has 5 heteroatoms. The second-order valence-corrected chi connectivity index (χ2v) is 7.05. The third-order valence-corrected chi connectivity index (χ3v) is 5.39. The summed E-state index contributed by atoms with van der Waals surface area (Å²) in [6.07, 6.45) is 2.97. The average molecular weight is 330 g/mol. The summed E-state index contributed by atoms with van der Waals surface area (Å²) in [6.45, 7) is 5.72. The van der Waals surface area contributed by atoms with E-state index in [4.69, 9.17) is 4.74 Å². The number of piperidine rings is 2. The molecule has 1 aromatic rings. The summed E-state index contributed by atoms with van der Waals surface area (Å²) < 4.78 is 5.42. The number of benzene rings is 1. The topological polar surface area (TPSA) is 49.9 Å². The van der Waals surface area contributed by atoms with Gasteiger partial charge in [-0.2, -0.15) is 0 Å². The summed E-state index contributed by atoms with van der Waals surface area (Å²) in [7, 11) is 0. The Kier molecular flexibility index (Phi) is 5.19. The van der Waals surface area contributed by atoms with Crippen LogP contribution in [0.2, 0.25) is 0 Å². The standard InChI is InChI=1S/C19H26N2O3/c1-19(21-11-7-17(22)8-12-21)9-13-20(14-10-19)18(23)24-15-16-5-3-2-4-6-16/h2-6H,7-15H2,1H3. The summed E-state index contributed by atoms with van der Waals surface area (Å²) in [5, 5.41) is 0. The molecule has 0 atom stereocenters. The third kappa shape index (κ3) is 3.96. The SMILES string of the molecule is CC1(N2CCC(=O)CC2)CCN(C(=O)OCc2ccccc2)CC1. The predicted octanol–water partition coefficient (Wildman–Crippen LogP) is 2.84. The summed E-state index contributed by atoms with van der Waals surface area (Å²) in [5.41, 5.74) is 1.10. The van der Waals surface area contributed by atoms with Crippen LogP contribution in [0.1, 0.15) is 38.2 Å². The zero-order valence-electron chi connectivity index (χ0n) is 14.4. The van der Waals surface area contributed by atoms with Gasteiger partial charge in [-0.15, -0.1) is 0 Å². The van der Waals surface area contributed by atoms with Crippen LogP contribution in [0.25, 0.3) is 0 Å². The van der Waals surface area contributed by atoms with Crippen LogP contribution < -0.4 is 0 Å². The van der Waals surface area contributed by atoms with Crippen LogP contribution in [0.3, 0.4) is 0 Å². The molecule has 130 valence electrons. The highest BCUT2D eigenvalue weighted by Crippen LogP contribution is 2.30. The zero-order chi connectivity index (χ0) is 17.0. The molecular formula is C19H26N2O3. The lowest BCUT2D eigenvalue weighted by molar-refractivity contribution is -0.123. The van der Waals surface area contributed by atoms with Crippen molar-refractivity contribution < 1.29 is 14.3 Å². The van der Waals surface area contributed by atoms with Gasteiger partial charge in [0.15, 0.2) is 0 Å². The molecule has 0 bridgehead atoms. The molecule has 0 N–H and O–H groups in total. The number of Topliss-reactive ketones (excluding diaryl/α,β-unsaturated/α-hetero) is 1. The van der Waals surface area contributed by atoms with E-state index in [9.17, 15) is 9.59 Å². The fourth-order valence-corrected chi connectivity index (χ4v) is 3.59. The van der Waals surface area contributed by atoms with E-state index >= 15 is 0 Å². The van der Waals surface area contributed by atoms with Crippen molar-refractivity contribution in [2.24, 2.45) is 0 Å². The minimum atomic E-state index is -0.227. The van der Waals surface area contributed by atoms with Gasteiger partial charge < -0.3 is 9.64 Å². The van der Waals surface area contributed by atoms with E-state index in [1.807, 2.05) is 30.3 Å². The van der Waals surface area contributed by atoms with Gasteiger partial charge in [0, 0.05) is 44.6 Å². The maximum atomic E-state index is 12.2. The Labute approximate surface area is 143 Å². The number of ether oxygens (including phenoxy) is 1. The van der Waals surface area contributed by atoms with Crippen LogP contribution in [-0.2, 0) is 16.1 Å². The fourth-order valence-electron chi connectivity index (χ4n) is 3.59. The maximum Gasteiger partial charge on any atom is 0.410 e. The molecule has 3 rings (SSSR count). The molecule has 0 aliphatic carbocycles. The van der Waals surface area contributed by atoms with Gasteiger partial charge in [0.2, 0.25) is 0 Å². The second kappa shape index (κ2) is 7.34. The number of nitrogens with zero attached hydrogens (tertiary/aromatic N) is 2. The smallest absolute Gasteiger partial charge is 0.410 e. The first-order chi connectivity index (χ1) is 11.6. The van der Waals surface area contributed by atoms with Gasteiger partial charge in [0.25, 0.3) is 0 Å². The number of likely N-dealkylation sites (tertiary alicyclic amines) is 2. The van der Waals surface area contributed by atoms with Crippen molar-refractivity contribution in [2.75, 3.05) is 26.2 Å². The molecule has 1 aromatic carbocycles. The molecule has 24 heavy (non-hydrogen) atoms. The van der Waals surface area contributed by atoms with Crippen molar-refractivity contribution in [2.45, 2.75) is 44.8 Å². The van der Waals surface area contributed by atoms with Crippen LogP contribution in [0.15, 0.2) is 30.3 Å². The van der Waals surface area contributed by atoms with Crippen LogP contribution in [0.5, 0.6) is 0 Å². The predicted molar refractivity (Wildman–Crippen MR) is 91.7 cm³/mol. The van der Waals surface area contributed by atoms with E-state index in [0.717, 1.165) is 31.5 Å². The summed E-state index contributed by atoms with van der Waals surface area (Å²) in [5.74, 6) is 0.372. The van der Waals surface area contributed by atoms with Gasteiger partial charge in [-0.1, -0.05) is 30.3 Å². The van der Waals surface area contributed by atoms with E-state index in [1.54, 1.807) is 4.90 Å². The van der Waals surface area contributed by atoms with Crippen molar-refractivity contribution in [3.63, 3.8) is 0 Å². The Morgan fingerprint density at radius 1 is 1.08 bits per heavy atom. The lowest BCUT2D eigenvalue weighted by Crippen LogP contribution is -2.56. The van der Waals surface area contributed by atoms with Gasteiger partial charge in [0.1, 0.15) is 12.4 Å². The Hall–Kier alpha value is -1.88. The quantitative estimate of drug-likeness (QED) is 0.855. The third-order valence-electron chi connectivity index (χ3n) is 5.39. The van der Waals surface area contributed by atoms with Crippen LogP contribution in [-0.4, -0.2) is 53.4 Å². The lowest BCUT2D eigenvalue weighted by Gasteiger charge is -2.47. The summed E-state index contributed by atoms with van der Waals surface area (Å²) >= 11 is 0. The molecule has 2 fully saturated rings. The van der Waals surface area contributed by atoms with Crippen molar-refractivity contribution in [3.8, 4) is 0 Å². The van der Waals surface area contributed by atoms with Crippen molar-refractivity contribution >= 4 is 11.9 Å². The highest BCUT2D eigenvalue weighted by molar-refractivity contribution is 5.79. The van der Waals surface area contributed by atoms with Crippen LogP contribution >= 0.6 is 0 Å². The second-order valence-electron chi connectivity index (χ2n) is 7.05. The van der Waals surface area contributed by atoms with Crippen molar-refractivity contribution in [1.29, 1.82) is 0 Å². The van der Waals surface area contributed by atoms with Crippen LogP contribution in [0.4, 0.5) is 4.79 Å². The van der Waals surface area contributed by atoms with E-state index in [1.165, 1.54) is 0 Å². The minimum absolute atomic E-state index is 0.0942. The van der Waals surface area contributed by atoms with Gasteiger partial charge in [-0.25, -0.2) is 4.79 Å². The molecule has 2 saturated heterocycles. The van der Waals surface area contributed by atoms with Gasteiger partial charge in [-0.05, 0) is 25.3 Å². The molecule has 0 saturated carbocycles. The number of rotatable bonds is 3. The highest BCUT2D eigenvalue weighted by atomic mass is 16.6. The molecule has 2 heterocycles. The molecule has 5 nitrogen and oxygen atoms in total. The van der Waals surface area contributed by atoms with E-state index < -0.39 is 0 Å². The molecule has 0 spiro atoms. The first-order valence-electron chi connectivity index (χ1n) is 8.79. The first kappa shape index (κ1) is 17.0. The molecular weight excluding hydrogens is 304 g/mol. The number of hydrogen-bond acceptors (Lipinski definition) is 4. The summed E-state index contributed by atoms with van der Waals surface area (Å²) in [4.78, 5) is 27.9. The maximum absolute atomic E-state index is 12.2. The number of hydrogen-bond donors (Lipinski definition) is 0. The largest absolute Gasteiger partial charge is 0.445 e. The Morgan fingerprint density at radius 2 is 1.71 bits per heavy atom. The number of carbonyl (C=O) groups is 2. The minimum Gasteiger partial charge on any atom is -0.445 e. The molecule has 2 aliphatic heterocycles. The van der Waals surface area contributed by atoms with Gasteiger partial charge >= 0.3 is 6.09 Å². The lowest BCUT2D eigenvalue weighted by atomic mass is 9.86. The Bertz CT molecular complexity index is 570. The molecule has 0 unspecified atom stereocenters. The molecule has 0 radical (unpaired) electrons. The van der Waals surface area contributed by atoms with Crippen molar-refractivity contribution in [1.82, 2.24) is 9.80 Å². The molecule has 2 aliphatic rings. The van der Waals surface area contributed by atoms with Gasteiger partial charge in [0.05, 0.1) is 0 Å². The number of amides is 1. The van der Waals surface area contributed by atoms with Gasteiger partial charge in [-0.3, -0.25) is 9.69 Å². The zero-order valence-corrected chi connectivity index (χ0v) is 14.4. The normalized spacial score (nSPS) is 21.5. The molecule has 1 amide bonds. The monoisotopic (exact) mass is 330 g/mol.